The van der Waals surface area contributed by atoms with E-state index in [0.717, 1.165) is 12.3 Å². The molecule has 8 heteroatoms. The summed E-state index contributed by atoms with van der Waals surface area (Å²) in [6, 6.07) is 1.44. The summed E-state index contributed by atoms with van der Waals surface area (Å²) in [6.07, 6.45) is -3.99. The van der Waals surface area contributed by atoms with Gasteiger partial charge in [0.25, 0.3) is 0 Å². The SMILES string of the molecule is CC(C)(C)OC(=O)N[C@@H](CO)Cc1ccc(C(F)(F)F)nc1. The Bertz CT molecular complexity index is 496. The van der Waals surface area contributed by atoms with E-state index in [0.29, 0.717) is 5.56 Å². The summed E-state index contributed by atoms with van der Waals surface area (Å²) in [6.45, 7) is 4.71. The van der Waals surface area contributed by atoms with E-state index in [1.807, 2.05) is 0 Å². The highest BCUT2D eigenvalue weighted by Gasteiger charge is 2.32. The Labute approximate surface area is 126 Å². The van der Waals surface area contributed by atoms with Crippen LogP contribution in [0.4, 0.5) is 18.0 Å². The van der Waals surface area contributed by atoms with Crippen molar-refractivity contribution in [2.24, 2.45) is 0 Å². The number of aliphatic hydroxyl groups is 1. The van der Waals surface area contributed by atoms with Gasteiger partial charge in [-0.2, -0.15) is 13.2 Å². The van der Waals surface area contributed by atoms with Crippen LogP contribution in [0.25, 0.3) is 0 Å². The molecule has 2 N–H and O–H groups in total. The number of nitrogens with zero attached hydrogens (tertiary/aromatic N) is 1. The van der Waals surface area contributed by atoms with Gasteiger partial charge in [0.2, 0.25) is 0 Å². The summed E-state index contributed by atoms with van der Waals surface area (Å²) in [7, 11) is 0. The van der Waals surface area contributed by atoms with Gasteiger partial charge in [-0.25, -0.2) is 4.79 Å². The lowest BCUT2D eigenvalue weighted by molar-refractivity contribution is -0.141. The lowest BCUT2D eigenvalue weighted by Crippen LogP contribution is -2.42. The van der Waals surface area contributed by atoms with E-state index in [1.165, 1.54) is 6.07 Å². The summed E-state index contributed by atoms with van der Waals surface area (Å²) in [4.78, 5) is 14.9. The predicted molar refractivity (Wildman–Crippen MR) is 73.2 cm³/mol. The molecule has 0 unspecified atom stereocenters. The second kappa shape index (κ2) is 6.95. The van der Waals surface area contributed by atoms with Crippen LogP contribution in [0, 0.1) is 0 Å². The largest absolute Gasteiger partial charge is 0.444 e. The van der Waals surface area contributed by atoms with Gasteiger partial charge in [-0.1, -0.05) is 6.07 Å². The highest BCUT2D eigenvalue weighted by atomic mass is 19.4. The van der Waals surface area contributed by atoms with E-state index in [-0.39, 0.29) is 13.0 Å². The Hall–Kier alpha value is -1.83. The monoisotopic (exact) mass is 320 g/mol. The smallest absolute Gasteiger partial charge is 0.433 e. The normalized spacial score (nSPS) is 13.6. The second-order valence-electron chi connectivity index (χ2n) is 5.78. The molecule has 0 aromatic carbocycles. The van der Waals surface area contributed by atoms with E-state index in [2.05, 4.69) is 10.3 Å². The van der Waals surface area contributed by atoms with Crippen LogP contribution in [0.3, 0.4) is 0 Å². The van der Waals surface area contributed by atoms with Crippen LogP contribution in [0.2, 0.25) is 0 Å². The fourth-order valence-electron chi connectivity index (χ4n) is 1.63. The van der Waals surface area contributed by atoms with Crippen molar-refractivity contribution < 1.29 is 27.8 Å². The molecular formula is C14H19F3N2O3. The number of pyridine rings is 1. The second-order valence-corrected chi connectivity index (χ2v) is 5.78. The molecular weight excluding hydrogens is 301 g/mol. The summed E-state index contributed by atoms with van der Waals surface area (Å²) in [5, 5.41) is 11.7. The summed E-state index contributed by atoms with van der Waals surface area (Å²) in [5.41, 5.74) is -1.21. The lowest BCUT2D eigenvalue weighted by Gasteiger charge is -2.22. The Morgan fingerprint density at radius 1 is 1.36 bits per heavy atom. The van der Waals surface area contributed by atoms with Crippen molar-refractivity contribution in [3.05, 3.63) is 29.6 Å². The van der Waals surface area contributed by atoms with Crippen LogP contribution in [-0.2, 0) is 17.3 Å². The van der Waals surface area contributed by atoms with Crippen molar-refractivity contribution in [2.75, 3.05) is 6.61 Å². The zero-order valence-corrected chi connectivity index (χ0v) is 12.6. The third-order valence-corrected chi connectivity index (χ3v) is 2.54. The van der Waals surface area contributed by atoms with Crippen LogP contribution in [0.15, 0.2) is 18.3 Å². The molecule has 22 heavy (non-hydrogen) atoms. The first-order valence-electron chi connectivity index (χ1n) is 6.64. The van der Waals surface area contributed by atoms with Crippen molar-refractivity contribution in [1.29, 1.82) is 0 Å². The minimum Gasteiger partial charge on any atom is -0.444 e. The number of carbonyl (C=O) groups is 1. The molecule has 1 aromatic heterocycles. The maximum atomic E-state index is 12.4. The molecule has 1 atom stereocenters. The molecule has 0 saturated carbocycles. The Kier molecular flexibility index (Phi) is 5.76. The molecule has 0 saturated heterocycles. The number of aliphatic hydroxyl groups excluding tert-OH is 1. The number of hydrogen-bond acceptors (Lipinski definition) is 4. The van der Waals surface area contributed by atoms with Gasteiger partial charge >= 0.3 is 12.3 Å². The first kappa shape index (κ1) is 18.2. The highest BCUT2D eigenvalue weighted by molar-refractivity contribution is 5.68. The number of hydrogen-bond donors (Lipinski definition) is 2. The third kappa shape index (κ3) is 6.30. The number of halogens is 3. The average Bonchev–Trinajstić information content (AvgIpc) is 2.35. The summed E-state index contributed by atoms with van der Waals surface area (Å²) >= 11 is 0. The molecule has 5 nitrogen and oxygen atoms in total. The average molecular weight is 320 g/mol. The number of rotatable bonds is 4. The minimum absolute atomic E-state index is 0.140. The molecule has 0 radical (unpaired) electrons. The van der Waals surface area contributed by atoms with Crippen molar-refractivity contribution in [2.45, 2.75) is 45.0 Å². The van der Waals surface area contributed by atoms with Crippen molar-refractivity contribution in [1.82, 2.24) is 10.3 Å². The quantitative estimate of drug-likeness (QED) is 0.894. The maximum absolute atomic E-state index is 12.4. The topological polar surface area (TPSA) is 71.5 Å². The Balaban J connectivity index is 2.65. The molecule has 0 bridgehead atoms. The standard InChI is InChI=1S/C14H19F3N2O3/c1-13(2,3)22-12(21)19-10(8-20)6-9-4-5-11(18-7-9)14(15,16)17/h4-5,7,10,20H,6,8H2,1-3H3,(H,19,21)/t10-/m1/s1. The van der Waals surface area contributed by atoms with Gasteiger partial charge in [0.15, 0.2) is 0 Å². The van der Waals surface area contributed by atoms with E-state index in [1.54, 1.807) is 20.8 Å². The molecule has 0 spiro atoms. The fraction of sp³-hybridized carbons (Fsp3) is 0.571. The van der Waals surface area contributed by atoms with Gasteiger partial charge in [-0.05, 0) is 38.8 Å². The van der Waals surface area contributed by atoms with Crippen molar-refractivity contribution in [3.63, 3.8) is 0 Å². The van der Waals surface area contributed by atoms with Crippen LogP contribution >= 0.6 is 0 Å². The molecule has 124 valence electrons. The molecule has 1 amide bonds. The molecule has 1 heterocycles. The van der Waals surface area contributed by atoms with E-state index in [9.17, 15) is 23.1 Å². The number of carbonyl (C=O) groups excluding carboxylic acids is 1. The minimum atomic E-state index is -4.50. The number of alkyl halides is 3. The van der Waals surface area contributed by atoms with Gasteiger partial charge < -0.3 is 15.2 Å². The van der Waals surface area contributed by atoms with Gasteiger partial charge in [0.1, 0.15) is 11.3 Å². The van der Waals surface area contributed by atoms with Gasteiger partial charge in [-0.3, -0.25) is 4.98 Å². The highest BCUT2D eigenvalue weighted by Crippen LogP contribution is 2.27. The van der Waals surface area contributed by atoms with Crippen LogP contribution < -0.4 is 5.32 Å². The summed E-state index contributed by atoms with van der Waals surface area (Å²) < 4.78 is 42.3. The number of amides is 1. The maximum Gasteiger partial charge on any atom is 0.433 e. The Morgan fingerprint density at radius 3 is 2.41 bits per heavy atom. The predicted octanol–water partition coefficient (Wildman–Crippen LogP) is 2.53. The molecule has 1 aromatic rings. The van der Waals surface area contributed by atoms with Crippen LogP contribution in [0.1, 0.15) is 32.0 Å². The third-order valence-electron chi connectivity index (χ3n) is 2.54. The van der Waals surface area contributed by atoms with E-state index in [4.69, 9.17) is 4.74 Å². The van der Waals surface area contributed by atoms with Gasteiger partial charge in [0, 0.05) is 6.20 Å². The first-order valence-corrected chi connectivity index (χ1v) is 6.64. The molecule has 0 fully saturated rings. The molecule has 0 aliphatic heterocycles. The zero-order chi connectivity index (χ0) is 17.0. The van der Waals surface area contributed by atoms with E-state index < -0.39 is 29.6 Å². The van der Waals surface area contributed by atoms with Crippen molar-refractivity contribution in [3.8, 4) is 0 Å². The number of alkyl carbamates (subject to hydrolysis) is 1. The summed E-state index contributed by atoms with van der Waals surface area (Å²) in [5.74, 6) is 0. The first-order chi connectivity index (χ1) is 10.0. The molecule has 1 rings (SSSR count). The fourth-order valence-corrected chi connectivity index (χ4v) is 1.63. The number of ether oxygens (including phenoxy) is 1. The number of aromatic nitrogens is 1. The van der Waals surface area contributed by atoms with Crippen molar-refractivity contribution >= 4 is 6.09 Å². The van der Waals surface area contributed by atoms with Crippen LogP contribution in [0.5, 0.6) is 0 Å². The van der Waals surface area contributed by atoms with Gasteiger partial charge in [0.05, 0.1) is 12.6 Å². The zero-order valence-electron chi connectivity index (χ0n) is 12.6. The van der Waals surface area contributed by atoms with E-state index >= 15 is 0 Å². The lowest BCUT2D eigenvalue weighted by atomic mass is 10.1. The number of nitrogens with one attached hydrogen (secondary N) is 1. The molecule has 0 aliphatic rings. The van der Waals surface area contributed by atoms with Gasteiger partial charge in [-0.15, -0.1) is 0 Å². The van der Waals surface area contributed by atoms with Crippen LogP contribution in [-0.4, -0.2) is 34.4 Å². The Morgan fingerprint density at radius 2 is 2.00 bits per heavy atom. The molecule has 0 aliphatic carbocycles.